The Morgan fingerprint density at radius 1 is 1.11 bits per heavy atom. The van der Waals surface area contributed by atoms with Crippen molar-refractivity contribution in [3.63, 3.8) is 0 Å². The second kappa shape index (κ2) is 5.91. The van der Waals surface area contributed by atoms with E-state index in [0.29, 0.717) is 12.0 Å². The zero-order chi connectivity index (χ0) is 13.8. The molecule has 0 bridgehead atoms. The van der Waals surface area contributed by atoms with Crippen molar-refractivity contribution in [2.45, 2.75) is 19.4 Å². The van der Waals surface area contributed by atoms with Gasteiger partial charge in [-0.2, -0.15) is 0 Å². The molecule has 0 saturated carbocycles. The van der Waals surface area contributed by atoms with Crippen LogP contribution in [0.25, 0.3) is 0 Å². The normalized spacial score (nSPS) is 12.4. The Kier molecular flexibility index (Phi) is 4.24. The highest BCUT2D eigenvalue weighted by atomic mass is 19.1. The van der Waals surface area contributed by atoms with Gasteiger partial charge in [0.25, 0.3) is 0 Å². The van der Waals surface area contributed by atoms with Gasteiger partial charge >= 0.3 is 0 Å². The molecular weight excluding hydrogens is 246 g/mol. The number of hydrogen-bond acceptors (Lipinski definition) is 2. The molecule has 0 aliphatic rings. The van der Waals surface area contributed by atoms with Gasteiger partial charge in [-0.3, -0.25) is 11.3 Å². The van der Waals surface area contributed by atoms with E-state index in [-0.39, 0.29) is 6.04 Å². The van der Waals surface area contributed by atoms with Gasteiger partial charge in [0.05, 0.1) is 6.04 Å². The Morgan fingerprint density at radius 3 is 2.37 bits per heavy atom. The fourth-order valence-corrected chi connectivity index (χ4v) is 2.12. The van der Waals surface area contributed by atoms with E-state index in [1.165, 1.54) is 12.1 Å². The second-order valence-corrected chi connectivity index (χ2v) is 4.62. The lowest BCUT2D eigenvalue weighted by Crippen LogP contribution is -2.29. The number of nitrogens with two attached hydrogens (primary N) is 1. The van der Waals surface area contributed by atoms with Crippen molar-refractivity contribution in [3.8, 4) is 0 Å². The molecule has 0 heterocycles. The standard InChI is InChI=1S/C15H16F2N2/c1-10-3-2-4-11(5-10)6-15(19-18)12-7-13(16)9-14(17)8-12/h2-5,7-9,15,19H,6,18H2,1H3. The van der Waals surface area contributed by atoms with Gasteiger partial charge in [-0.15, -0.1) is 0 Å². The fourth-order valence-electron chi connectivity index (χ4n) is 2.12. The predicted molar refractivity (Wildman–Crippen MR) is 71.3 cm³/mol. The molecule has 1 unspecified atom stereocenters. The van der Waals surface area contributed by atoms with Gasteiger partial charge in [0, 0.05) is 6.07 Å². The van der Waals surface area contributed by atoms with Crippen LogP contribution in [0, 0.1) is 18.6 Å². The molecular formula is C15H16F2N2. The molecule has 3 N–H and O–H groups in total. The quantitative estimate of drug-likeness (QED) is 0.656. The molecule has 0 radical (unpaired) electrons. The number of halogens is 2. The van der Waals surface area contributed by atoms with Gasteiger partial charge < -0.3 is 0 Å². The summed E-state index contributed by atoms with van der Waals surface area (Å²) >= 11 is 0. The van der Waals surface area contributed by atoms with E-state index < -0.39 is 11.6 Å². The van der Waals surface area contributed by atoms with E-state index >= 15 is 0 Å². The molecule has 0 fully saturated rings. The molecule has 19 heavy (non-hydrogen) atoms. The van der Waals surface area contributed by atoms with Crippen molar-refractivity contribution in [2.24, 2.45) is 5.84 Å². The van der Waals surface area contributed by atoms with E-state index in [4.69, 9.17) is 5.84 Å². The Balaban J connectivity index is 2.24. The van der Waals surface area contributed by atoms with Crippen molar-refractivity contribution in [1.29, 1.82) is 0 Å². The first-order valence-corrected chi connectivity index (χ1v) is 6.06. The molecule has 0 saturated heterocycles. The summed E-state index contributed by atoms with van der Waals surface area (Å²) in [7, 11) is 0. The van der Waals surface area contributed by atoms with E-state index in [1.54, 1.807) is 0 Å². The fraction of sp³-hybridized carbons (Fsp3) is 0.200. The summed E-state index contributed by atoms with van der Waals surface area (Å²) in [6.07, 6.45) is 0.571. The van der Waals surface area contributed by atoms with Crippen molar-refractivity contribution < 1.29 is 8.78 Å². The molecule has 0 spiro atoms. The molecule has 2 aromatic carbocycles. The highest BCUT2D eigenvalue weighted by Crippen LogP contribution is 2.20. The van der Waals surface area contributed by atoms with Crippen molar-refractivity contribution in [1.82, 2.24) is 5.43 Å². The summed E-state index contributed by atoms with van der Waals surface area (Å²) < 4.78 is 26.4. The first kappa shape index (κ1) is 13.6. The van der Waals surface area contributed by atoms with Crippen LogP contribution in [0.2, 0.25) is 0 Å². The Labute approximate surface area is 111 Å². The summed E-state index contributed by atoms with van der Waals surface area (Å²) in [6, 6.07) is 11.1. The summed E-state index contributed by atoms with van der Waals surface area (Å²) in [4.78, 5) is 0. The molecule has 2 nitrogen and oxygen atoms in total. The molecule has 100 valence electrons. The molecule has 0 aromatic heterocycles. The minimum Gasteiger partial charge on any atom is -0.271 e. The number of rotatable bonds is 4. The average Bonchev–Trinajstić information content (AvgIpc) is 2.34. The molecule has 0 aliphatic carbocycles. The third-order valence-corrected chi connectivity index (χ3v) is 3.01. The van der Waals surface area contributed by atoms with Gasteiger partial charge in [-0.05, 0) is 36.6 Å². The monoisotopic (exact) mass is 262 g/mol. The lowest BCUT2D eigenvalue weighted by atomic mass is 9.98. The largest absolute Gasteiger partial charge is 0.271 e. The number of hydrogen-bond donors (Lipinski definition) is 2. The predicted octanol–water partition coefficient (Wildman–Crippen LogP) is 3.02. The van der Waals surface area contributed by atoms with Crippen LogP contribution in [0.1, 0.15) is 22.7 Å². The smallest absolute Gasteiger partial charge is 0.126 e. The SMILES string of the molecule is Cc1cccc(CC(NN)c2cc(F)cc(F)c2)c1. The van der Waals surface area contributed by atoms with Gasteiger partial charge in [-0.25, -0.2) is 8.78 Å². The van der Waals surface area contributed by atoms with Crippen LogP contribution in [0.5, 0.6) is 0 Å². The van der Waals surface area contributed by atoms with Crippen molar-refractivity contribution in [2.75, 3.05) is 0 Å². The van der Waals surface area contributed by atoms with Crippen LogP contribution < -0.4 is 11.3 Å². The van der Waals surface area contributed by atoms with Gasteiger partial charge in [-0.1, -0.05) is 29.8 Å². The highest BCUT2D eigenvalue weighted by molar-refractivity contribution is 5.27. The summed E-state index contributed by atoms with van der Waals surface area (Å²) in [5.41, 5.74) is 5.31. The molecule has 0 amide bonds. The second-order valence-electron chi connectivity index (χ2n) is 4.62. The summed E-state index contributed by atoms with van der Waals surface area (Å²) in [5.74, 6) is 4.30. The lowest BCUT2D eigenvalue weighted by molar-refractivity contribution is 0.530. The maximum absolute atomic E-state index is 13.2. The van der Waals surface area contributed by atoms with Crippen molar-refractivity contribution in [3.05, 3.63) is 70.8 Å². The van der Waals surface area contributed by atoms with Crippen LogP contribution in [0.15, 0.2) is 42.5 Å². The average molecular weight is 262 g/mol. The Morgan fingerprint density at radius 2 is 1.79 bits per heavy atom. The van der Waals surface area contributed by atoms with Crippen LogP contribution in [0.3, 0.4) is 0 Å². The number of nitrogens with one attached hydrogen (secondary N) is 1. The molecule has 1 atom stereocenters. The minimum absolute atomic E-state index is 0.327. The van der Waals surface area contributed by atoms with E-state index in [1.807, 2.05) is 31.2 Å². The molecule has 4 heteroatoms. The van der Waals surface area contributed by atoms with E-state index in [2.05, 4.69) is 5.43 Å². The first-order valence-electron chi connectivity index (χ1n) is 6.06. The van der Waals surface area contributed by atoms with Crippen LogP contribution >= 0.6 is 0 Å². The Bertz CT molecular complexity index is 550. The van der Waals surface area contributed by atoms with Crippen LogP contribution in [-0.4, -0.2) is 0 Å². The van der Waals surface area contributed by atoms with Crippen molar-refractivity contribution >= 4 is 0 Å². The van der Waals surface area contributed by atoms with Crippen LogP contribution in [-0.2, 0) is 6.42 Å². The first-order chi connectivity index (χ1) is 9.08. The summed E-state index contributed by atoms with van der Waals surface area (Å²) in [5, 5.41) is 0. The maximum atomic E-state index is 13.2. The minimum atomic E-state index is -0.598. The molecule has 0 aliphatic heterocycles. The highest BCUT2D eigenvalue weighted by Gasteiger charge is 2.13. The van der Waals surface area contributed by atoms with Gasteiger partial charge in [0.15, 0.2) is 0 Å². The maximum Gasteiger partial charge on any atom is 0.126 e. The lowest BCUT2D eigenvalue weighted by Gasteiger charge is -2.17. The zero-order valence-corrected chi connectivity index (χ0v) is 10.7. The topological polar surface area (TPSA) is 38.0 Å². The van der Waals surface area contributed by atoms with Gasteiger partial charge in [0.1, 0.15) is 11.6 Å². The molecule has 2 rings (SSSR count). The third-order valence-electron chi connectivity index (χ3n) is 3.01. The number of aryl methyl sites for hydroxylation is 1. The third kappa shape index (κ3) is 3.59. The number of benzene rings is 2. The summed E-state index contributed by atoms with van der Waals surface area (Å²) in [6.45, 7) is 2.00. The zero-order valence-electron chi connectivity index (χ0n) is 10.7. The van der Waals surface area contributed by atoms with E-state index in [9.17, 15) is 8.78 Å². The Hall–Kier alpha value is -1.78. The van der Waals surface area contributed by atoms with E-state index in [0.717, 1.165) is 17.2 Å². The van der Waals surface area contributed by atoms with Gasteiger partial charge in [0.2, 0.25) is 0 Å². The number of hydrazine groups is 1. The molecule has 2 aromatic rings. The van der Waals surface area contributed by atoms with Crippen LogP contribution in [0.4, 0.5) is 8.78 Å².